The smallest absolute Gasteiger partial charge is 0.266 e. The first-order valence-electron chi connectivity index (χ1n) is 9.18. The second-order valence-electron chi connectivity index (χ2n) is 6.39. The summed E-state index contributed by atoms with van der Waals surface area (Å²) < 4.78 is 8.65. The lowest BCUT2D eigenvalue weighted by molar-refractivity contribution is 0.122. The molecular formula is C18H22N8O2. The second kappa shape index (κ2) is 8.17. The minimum absolute atomic E-state index is 0.153. The molecule has 0 saturated carbocycles. The summed E-state index contributed by atoms with van der Waals surface area (Å²) >= 11 is 0. The van der Waals surface area contributed by atoms with Gasteiger partial charge in [0.2, 0.25) is 0 Å². The van der Waals surface area contributed by atoms with E-state index < -0.39 is 0 Å². The number of nitrogens with one attached hydrogen (secondary N) is 1. The fourth-order valence-corrected chi connectivity index (χ4v) is 3.05. The van der Waals surface area contributed by atoms with Crippen molar-refractivity contribution in [3.05, 3.63) is 53.1 Å². The van der Waals surface area contributed by atoms with Crippen LogP contribution in [0.2, 0.25) is 0 Å². The maximum Gasteiger partial charge on any atom is 0.266 e. The Hall–Kier alpha value is -3.27. The molecular weight excluding hydrogens is 360 g/mol. The van der Waals surface area contributed by atoms with Gasteiger partial charge in [0.05, 0.1) is 19.8 Å². The van der Waals surface area contributed by atoms with E-state index in [-0.39, 0.29) is 5.56 Å². The first-order valence-corrected chi connectivity index (χ1v) is 9.18. The third-order valence-corrected chi connectivity index (χ3v) is 4.54. The molecule has 4 heterocycles. The zero-order valence-corrected chi connectivity index (χ0v) is 15.7. The lowest BCUT2D eigenvalue weighted by atomic mass is 10.4. The second-order valence-corrected chi connectivity index (χ2v) is 6.39. The SMILES string of the molecule is Cc1nccn1-c1ccc(=O)n(CCNc2cc(N3CCOCC3)ncn2)n1. The maximum absolute atomic E-state index is 12.1. The minimum atomic E-state index is -0.153. The molecule has 10 heteroatoms. The van der Waals surface area contributed by atoms with E-state index in [2.05, 4.69) is 30.3 Å². The summed E-state index contributed by atoms with van der Waals surface area (Å²) in [5.74, 6) is 3.05. The average Bonchev–Trinajstić information content (AvgIpc) is 3.16. The highest BCUT2D eigenvalue weighted by atomic mass is 16.5. The molecule has 0 aromatic carbocycles. The molecule has 1 saturated heterocycles. The number of morpholine rings is 1. The summed E-state index contributed by atoms with van der Waals surface area (Å²) in [6.45, 7) is 5.85. The Morgan fingerprint density at radius 2 is 2.00 bits per heavy atom. The van der Waals surface area contributed by atoms with Crippen LogP contribution in [-0.2, 0) is 11.3 Å². The van der Waals surface area contributed by atoms with Gasteiger partial charge in [-0.3, -0.25) is 9.36 Å². The molecule has 0 bridgehead atoms. The molecule has 3 aromatic heterocycles. The van der Waals surface area contributed by atoms with Crippen LogP contribution < -0.4 is 15.8 Å². The Labute approximate surface area is 161 Å². The molecule has 1 N–H and O–H groups in total. The van der Waals surface area contributed by atoms with Gasteiger partial charge in [-0.05, 0) is 13.0 Å². The Morgan fingerprint density at radius 3 is 2.79 bits per heavy atom. The van der Waals surface area contributed by atoms with Crippen LogP contribution in [-0.4, -0.2) is 62.1 Å². The average molecular weight is 382 g/mol. The van der Waals surface area contributed by atoms with Gasteiger partial charge in [-0.15, -0.1) is 0 Å². The van der Waals surface area contributed by atoms with Crippen molar-refractivity contribution >= 4 is 11.6 Å². The van der Waals surface area contributed by atoms with Crippen LogP contribution in [0.3, 0.4) is 0 Å². The molecule has 0 radical (unpaired) electrons. The van der Waals surface area contributed by atoms with Crippen LogP contribution in [0.1, 0.15) is 5.82 Å². The van der Waals surface area contributed by atoms with E-state index in [4.69, 9.17) is 4.74 Å². The summed E-state index contributed by atoms with van der Waals surface area (Å²) in [6, 6.07) is 5.12. The summed E-state index contributed by atoms with van der Waals surface area (Å²) in [4.78, 5) is 27.1. The number of aryl methyl sites for hydroxylation is 1. The summed E-state index contributed by atoms with van der Waals surface area (Å²) in [5.41, 5.74) is -0.153. The highest BCUT2D eigenvalue weighted by Gasteiger charge is 2.13. The lowest BCUT2D eigenvalue weighted by Crippen LogP contribution is -2.36. The van der Waals surface area contributed by atoms with Crippen molar-refractivity contribution in [2.75, 3.05) is 43.1 Å². The molecule has 1 aliphatic rings. The molecule has 0 aliphatic carbocycles. The molecule has 10 nitrogen and oxygen atoms in total. The standard InChI is InChI=1S/C18H22N8O2/c1-14-19-4-6-25(14)16-2-3-18(27)26(23-16)7-5-20-15-12-17(22-13-21-15)24-8-10-28-11-9-24/h2-4,6,12-13H,5,7-11H2,1H3,(H,20,21,22). The van der Waals surface area contributed by atoms with Crippen LogP contribution in [0.25, 0.3) is 5.82 Å². The Bertz CT molecular complexity index is 993. The van der Waals surface area contributed by atoms with Crippen molar-refractivity contribution in [3.63, 3.8) is 0 Å². The number of rotatable bonds is 6. The van der Waals surface area contributed by atoms with E-state index in [1.807, 2.05) is 23.8 Å². The highest BCUT2D eigenvalue weighted by molar-refractivity contribution is 5.48. The number of hydrogen-bond acceptors (Lipinski definition) is 8. The van der Waals surface area contributed by atoms with Gasteiger partial charge in [0.1, 0.15) is 23.8 Å². The predicted octanol–water partition coefficient (Wildman–Crippen LogP) is 0.476. The van der Waals surface area contributed by atoms with Crippen LogP contribution in [0.15, 0.2) is 41.7 Å². The third-order valence-electron chi connectivity index (χ3n) is 4.54. The van der Waals surface area contributed by atoms with Crippen LogP contribution in [0, 0.1) is 6.92 Å². The Morgan fingerprint density at radius 1 is 1.14 bits per heavy atom. The summed E-state index contributed by atoms with van der Waals surface area (Å²) in [7, 11) is 0. The van der Waals surface area contributed by atoms with Gasteiger partial charge in [-0.1, -0.05) is 0 Å². The van der Waals surface area contributed by atoms with E-state index in [0.717, 1.165) is 24.7 Å². The molecule has 1 fully saturated rings. The molecule has 0 atom stereocenters. The third kappa shape index (κ3) is 4.01. The van der Waals surface area contributed by atoms with Crippen LogP contribution >= 0.6 is 0 Å². The number of anilines is 2. The number of nitrogens with zero attached hydrogens (tertiary/aromatic N) is 7. The summed E-state index contributed by atoms with van der Waals surface area (Å²) in [5, 5.41) is 7.67. The minimum Gasteiger partial charge on any atom is -0.378 e. The van der Waals surface area contributed by atoms with Crippen molar-refractivity contribution in [1.82, 2.24) is 29.3 Å². The number of ether oxygens (including phenoxy) is 1. The first kappa shape index (κ1) is 18.1. The van der Waals surface area contributed by atoms with E-state index in [1.54, 1.807) is 18.6 Å². The zero-order chi connectivity index (χ0) is 19.3. The number of hydrogen-bond donors (Lipinski definition) is 1. The molecule has 28 heavy (non-hydrogen) atoms. The van der Waals surface area contributed by atoms with Crippen molar-refractivity contribution in [2.45, 2.75) is 13.5 Å². The normalized spacial score (nSPS) is 14.2. The van der Waals surface area contributed by atoms with Crippen molar-refractivity contribution in [2.24, 2.45) is 0 Å². The molecule has 3 aromatic rings. The number of aromatic nitrogens is 6. The van der Waals surface area contributed by atoms with Gasteiger partial charge >= 0.3 is 0 Å². The van der Waals surface area contributed by atoms with Gasteiger partial charge in [0.25, 0.3) is 5.56 Å². The van der Waals surface area contributed by atoms with E-state index >= 15 is 0 Å². The van der Waals surface area contributed by atoms with Crippen LogP contribution in [0.4, 0.5) is 11.6 Å². The van der Waals surface area contributed by atoms with Crippen LogP contribution in [0.5, 0.6) is 0 Å². The van der Waals surface area contributed by atoms with E-state index in [1.165, 1.54) is 10.7 Å². The highest BCUT2D eigenvalue weighted by Crippen LogP contribution is 2.15. The Balaban J connectivity index is 1.41. The largest absolute Gasteiger partial charge is 0.378 e. The monoisotopic (exact) mass is 382 g/mol. The molecule has 4 rings (SSSR count). The predicted molar refractivity (Wildman–Crippen MR) is 104 cm³/mol. The maximum atomic E-state index is 12.1. The molecule has 0 amide bonds. The molecule has 0 unspecified atom stereocenters. The zero-order valence-electron chi connectivity index (χ0n) is 15.7. The molecule has 146 valence electrons. The van der Waals surface area contributed by atoms with E-state index in [9.17, 15) is 4.79 Å². The van der Waals surface area contributed by atoms with Gasteiger partial charge < -0.3 is 15.0 Å². The summed E-state index contributed by atoms with van der Waals surface area (Å²) in [6.07, 6.45) is 5.06. The number of imidazole rings is 1. The van der Waals surface area contributed by atoms with Crippen molar-refractivity contribution in [1.29, 1.82) is 0 Å². The quantitative estimate of drug-likeness (QED) is 0.657. The van der Waals surface area contributed by atoms with Crippen molar-refractivity contribution in [3.8, 4) is 5.82 Å². The van der Waals surface area contributed by atoms with Crippen molar-refractivity contribution < 1.29 is 4.74 Å². The molecule has 1 aliphatic heterocycles. The topological polar surface area (TPSA) is 103 Å². The fraction of sp³-hybridized carbons (Fsp3) is 0.389. The first-order chi connectivity index (χ1) is 13.7. The van der Waals surface area contributed by atoms with Gasteiger partial charge in [-0.2, -0.15) is 5.10 Å². The molecule has 0 spiro atoms. The Kier molecular flexibility index (Phi) is 5.29. The van der Waals surface area contributed by atoms with Gasteiger partial charge in [0, 0.05) is 44.2 Å². The fourth-order valence-electron chi connectivity index (χ4n) is 3.05. The van der Waals surface area contributed by atoms with E-state index in [0.29, 0.717) is 37.9 Å². The van der Waals surface area contributed by atoms with Gasteiger partial charge in [0.15, 0.2) is 5.82 Å². The van der Waals surface area contributed by atoms with Gasteiger partial charge in [-0.25, -0.2) is 19.6 Å². The lowest BCUT2D eigenvalue weighted by Gasteiger charge is -2.27.